The number of pyridine rings is 1. The van der Waals surface area contributed by atoms with Crippen LogP contribution < -0.4 is 11.3 Å². The number of rotatable bonds is 2. The van der Waals surface area contributed by atoms with Crippen LogP contribution >= 0.6 is 0 Å². The maximum absolute atomic E-state index is 11.8. The zero-order valence-electron chi connectivity index (χ0n) is 9.86. The summed E-state index contributed by atoms with van der Waals surface area (Å²) in [6.07, 6.45) is 2.65. The number of nitrogen functional groups attached to an aromatic ring is 1. The lowest BCUT2D eigenvalue weighted by molar-refractivity contribution is 0.0523. The van der Waals surface area contributed by atoms with Crippen LogP contribution in [0, 0.1) is 0 Å². The normalized spacial score (nSPS) is 14.2. The van der Waals surface area contributed by atoms with Gasteiger partial charge in [-0.3, -0.25) is 4.79 Å². The van der Waals surface area contributed by atoms with Gasteiger partial charge in [0.05, 0.1) is 17.9 Å². The summed E-state index contributed by atoms with van der Waals surface area (Å²) in [5.74, 6) is -0.398. The van der Waals surface area contributed by atoms with Crippen LogP contribution in [0.2, 0.25) is 0 Å². The molecule has 1 aliphatic rings. The van der Waals surface area contributed by atoms with E-state index in [1.165, 1.54) is 6.07 Å². The van der Waals surface area contributed by atoms with Crippen LogP contribution in [0.25, 0.3) is 0 Å². The minimum atomic E-state index is -0.398. The number of hydrogen-bond donors (Lipinski definition) is 1. The summed E-state index contributed by atoms with van der Waals surface area (Å²) >= 11 is 0. The van der Waals surface area contributed by atoms with Gasteiger partial charge in [0.2, 0.25) is 0 Å². The number of carbonyl (C=O) groups is 1. The molecule has 5 heteroatoms. The van der Waals surface area contributed by atoms with Crippen LogP contribution in [0.1, 0.15) is 35.8 Å². The van der Waals surface area contributed by atoms with E-state index >= 15 is 0 Å². The number of aromatic nitrogens is 1. The molecule has 1 aliphatic heterocycles. The maximum atomic E-state index is 11.8. The predicted octanol–water partition coefficient (Wildman–Crippen LogP) is 0.943. The van der Waals surface area contributed by atoms with Gasteiger partial charge < -0.3 is 15.0 Å². The number of nitrogens with zero attached hydrogens (tertiary/aromatic N) is 1. The van der Waals surface area contributed by atoms with Gasteiger partial charge in [-0.25, -0.2) is 4.79 Å². The second-order valence-corrected chi connectivity index (χ2v) is 4.09. The smallest absolute Gasteiger partial charge is 0.339 e. The average Bonchev–Trinajstić information content (AvgIpc) is 2.34. The summed E-state index contributed by atoms with van der Waals surface area (Å²) in [7, 11) is 0. The second-order valence-electron chi connectivity index (χ2n) is 4.09. The summed E-state index contributed by atoms with van der Waals surface area (Å²) in [6.45, 7) is 2.70. The van der Waals surface area contributed by atoms with Gasteiger partial charge in [0.25, 0.3) is 5.56 Å². The molecule has 0 atom stereocenters. The first-order chi connectivity index (χ1) is 8.15. The van der Waals surface area contributed by atoms with Crippen molar-refractivity contribution in [2.45, 2.75) is 32.7 Å². The van der Waals surface area contributed by atoms with Crippen LogP contribution in [-0.2, 0) is 17.7 Å². The van der Waals surface area contributed by atoms with Gasteiger partial charge in [0.1, 0.15) is 0 Å². The zero-order chi connectivity index (χ0) is 12.4. The van der Waals surface area contributed by atoms with E-state index in [1.54, 1.807) is 11.5 Å². The van der Waals surface area contributed by atoms with Gasteiger partial charge >= 0.3 is 5.97 Å². The molecule has 1 aromatic rings. The molecule has 2 rings (SSSR count). The first kappa shape index (κ1) is 11.7. The number of ether oxygens (including phenoxy) is 1. The Morgan fingerprint density at radius 1 is 1.53 bits per heavy atom. The topological polar surface area (TPSA) is 74.3 Å². The van der Waals surface area contributed by atoms with Crippen LogP contribution in [0.5, 0.6) is 0 Å². The molecule has 0 saturated heterocycles. The average molecular weight is 236 g/mol. The largest absolute Gasteiger partial charge is 0.462 e. The summed E-state index contributed by atoms with van der Waals surface area (Å²) < 4.78 is 6.58. The molecule has 0 spiro atoms. The van der Waals surface area contributed by atoms with Crippen molar-refractivity contribution in [3.63, 3.8) is 0 Å². The fourth-order valence-corrected chi connectivity index (χ4v) is 2.18. The fraction of sp³-hybridized carbons (Fsp3) is 0.500. The third-order valence-electron chi connectivity index (χ3n) is 2.97. The predicted molar refractivity (Wildman–Crippen MR) is 64.0 cm³/mol. The molecule has 0 aliphatic carbocycles. The standard InChI is InChI=1S/C12H16N2O3/c1-2-17-12(16)8-7-9(13)11(15)14-6-4-3-5-10(8)14/h7H,2-6,13H2,1H3. The van der Waals surface area contributed by atoms with E-state index in [9.17, 15) is 9.59 Å². The molecular weight excluding hydrogens is 220 g/mol. The zero-order valence-corrected chi connectivity index (χ0v) is 9.86. The summed E-state index contributed by atoms with van der Waals surface area (Å²) in [6, 6.07) is 1.44. The number of hydrogen-bond acceptors (Lipinski definition) is 4. The van der Waals surface area contributed by atoms with E-state index < -0.39 is 5.97 Å². The molecule has 92 valence electrons. The van der Waals surface area contributed by atoms with E-state index in [2.05, 4.69) is 0 Å². The Balaban J connectivity index is 2.56. The molecule has 2 N–H and O–H groups in total. The van der Waals surface area contributed by atoms with Gasteiger partial charge in [0.15, 0.2) is 0 Å². The summed E-state index contributed by atoms with van der Waals surface area (Å²) in [5.41, 5.74) is 6.74. The minimum Gasteiger partial charge on any atom is -0.462 e. The lowest BCUT2D eigenvalue weighted by atomic mass is 10.0. The van der Waals surface area contributed by atoms with Gasteiger partial charge in [-0.05, 0) is 32.3 Å². The van der Waals surface area contributed by atoms with Crippen LogP contribution in [0.15, 0.2) is 10.9 Å². The molecule has 0 bridgehead atoms. The van der Waals surface area contributed by atoms with Crippen LogP contribution in [-0.4, -0.2) is 17.1 Å². The monoisotopic (exact) mass is 236 g/mol. The lowest BCUT2D eigenvalue weighted by Gasteiger charge is -2.21. The number of anilines is 1. The highest BCUT2D eigenvalue weighted by atomic mass is 16.5. The molecule has 0 fully saturated rings. The van der Waals surface area contributed by atoms with Gasteiger partial charge in [-0.1, -0.05) is 0 Å². The van der Waals surface area contributed by atoms with Crippen molar-refractivity contribution >= 4 is 11.7 Å². The fourth-order valence-electron chi connectivity index (χ4n) is 2.18. The molecular formula is C12H16N2O3. The van der Waals surface area contributed by atoms with Crippen molar-refractivity contribution in [2.24, 2.45) is 0 Å². The second kappa shape index (κ2) is 4.61. The molecule has 0 saturated carbocycles. The van der Waals surface area contributed by atoms with Gasteiger partial charge in [0, 0.05) is 12.2 Å². The SMILES string of the molecule is CCOC(=O)c1cc(N)c(=O)n2c1CCCC2. The first-order valence-electron chi connectivity index (χ1n) is 5.84. The Hall–Kier alpha value is -1.78. The minimum absolute atomic E-state index is 0.110. The molecule has 5 nitrogen and oxygen atoms in total. The van der Waals surface area contributed by atoms with Gasteiger partial charge in [-0.15, -0.1) is 0 Å². The molecule has 0 radical (unpaired) electrons. The van der Waals surface area contributed by atoms with Crippen molar-refractivity contribution in [1.82, 2.24) is 4.57 Å². The van der Waals surface area contributed by atoms with Gasteiger partial charge in [-0.2, -0.15) is 0 Å². The number of fused-ring (bicyclic) bond motifs is 1. The Bertz CT molecular complexity index is 505. The highest BCUT2D eigenvalue weighted by molar-refractivity contribution is 5.91. The molecule has 1 aromatic heterocycles. The van der Waals surface area contributed by atoms with Crippen molar-refractivity contribution < 1.29 is 9.53 Å². The van der Waals surface area contributed by atoms with E-state index in [0.717, 1.165) is 25.0 Å². The third kappa shape index (κ3) is 2.05. The number of carbonyl (C=O) groups excluding carboxylic acids is 1. The van der Waals surface area contributed by atoms with E-state index in [0.29, 0.717) is 18.7 Å². The Morgan fingerprint density at radius 3 is 3.00 bits per heavy atom. The molecule has 0 amide bonds. The first-order valence-corrected chi connectivity index (χ1v) is 5.84. The Labute approximate surface area is 99.2 Å². The summed E-state index contributed by atoms with van der Waals surface area (Å²) in [4.78, 5) is 23.6. The van der Waals surface area contributed by atoms with Crippen molar-refractivity contribution in [1.29, 1.82) is 0 Å². The van der Waals surface area contributed by atoms with E-state index in [1.807, 2.05) is 0 Å². The van der Waals surface area contributed by atoms with Crippen LogP contribution in [0.3, 0.4) is 0 Å². The maximum Gasteiger partial charge on any atom is 0.339 e. The molecule has 17 heavy (non-hydrogen) atoms. The van der Waals surface area contributed by atoms with Crippen molar-refractivity contribution in [3.05, 3.63) is 27.7 Å². The van der Waals surface area contributed by atoms with E-state index in [4.69, 9.17) is 10.5 Å². The highest BCUT2D eigenvalue weighted by Gasteiger charge is 2.21. The third-order valence-corrected chi connectivity index (χ3v) is 2.97. The quantitative estimate of drug-likeness (QED) is 0.775. The number of esters is 1. The number of nitrogens with two attached hydrogens (primary N) is 1. The van der Waals surface area contributed by atoms with Crippen LogP contribution in [0.4, 0.5) is 5.69 Å². The molecule has 0 aromatic carbocycles. The molecule has 2 heterocycles. The lowest BCUT2D eigenvalue weighted by Crippen LogP contribution is -2.31. The molecule has 0 unspecified atom stereocenters. The van der Waals surface area contributed by atoms with E-state index in [-0.39, 0.29) is 11.2 Å². The van der Waals surface area contributed by atoms with Crippen molar-refractivity contribution in [2.75, 3.05) is 12.3 Å². The Kier molecular flexibility index (Phi) is 3.17. The highest BCUT2D eigenvalue weighted by Crippen LogP contribution is 2.19. The Morgan fingerprint density at radius 2 is 2.29 bits per heavy atom. The summed E-state index contributed by atoms with van der Waals surface area (Å²) in [5, 5.41) is 0. The van der Waals surface area contributed by atoms with Crippen molar-refractivity contribution in [3.8, 4) is 0 Å².